The van der Waals surface area contributed by atoms with E-state index in [1.54, 1.807) is 47.4 Å². The summed E-state index contributed by atoms with van der Waals surface area (Å²) in [6, 6.07) is 18.1. The molecule has 0 saturated heterocycles. The number of benzene rings is 2. The summed E-state index contributed by atoms with van der Waals surface area (Å²) in [4.78, 5) is 16.1. The second-order valence-electron chi connectivity index (χ2n) is 4.59. The fourth-order valence-corrected chi connectivity index (χ4v) is 2.14. The third-order valence-electron chi connectivity index (χ3n) is 3.02. The number of carbonyl (C=O) groups is 1. The van der Waals surface area contributed by atoms with E-state index >= 15 is 0 Å². The van der Waals surface area contributed by atoms with E-state index in [4.69, 9.17) is 11.6 Å². The normalized spacial score (nSPS) is 11.4. The van der Waals surface area contributed by atoms with E-state index in [0.717, 1.165) is 5.69 Å². The van der Waals surface area contributed by atoms with Gasteiger partial charge in [0.15, 0.2) is 0 Å². The molecule has 5 heteroatoms. The Hall–Kier alpha value is -2.72. The first-order chi connectivity index (χ1) is 10.7. The summed E-state index contributed by atoms with van der Waals surface area (Å²) in [6.45, 7) is 0. The second-order valence-corrected chi connectivity index (χ2v) is 5.03. The zero-order chi connectivity index (χ0) is 15.4. The smallest absolute Gasteiger partial charge is 0.267 e. The average molecular weight is 310 g/mol. The highest BCUT2D eigenvalue weighted by Crippen LogP contribution is 2.11. The quantitative estimate of drug-likeness (QED) is 0.729. The van der Waals surface area contributed by atoms with Crippen molar-refractivity contribution in [1.82, 2.24) is 9.78 Å². The van der Waals surface area contributed by atoms with E-state index in [2.05, 4.69) is 10.1 Å². The number of amides is 1. The molecular formula is C17H12ClN3O. The molecule has 0 bridgehead atoms. The van der Waals surface area contributed by atoms with Crippen molar-refractivity contribution in [2.24, 2.45) is 4.99 Å². The lowest BCUT2D eigenvalue weighted by atomic mass is 10.2. The predicted molar refractivity (Wildman–Crippen MR) is 84.9 cm³/mol. The van der Waals surface area contributed by atoms with Gasteiger partial charge in [-0.25, -0.2) is 9.67 Å². The van der Waals surface area contributed by atoms with Crippen molar-refractivity contribution in [2.75, 3.05) is 0 Å². The Morgan fingerprint density at radius 3 is 2.55 bits per heavy atom. The molecular weight excluding hydrogens is 298 g/mol. The molecule has 2 aromatic carbocycles. The molecule has 0 saturated carbocycles. The minimum absolute atomic E-state index is 0.346. The van der Waals surface area contributed by atoms with E-state index in [0.29, 0.717) is 15.9 Å². The Morgan fingerprint density at radius 1 is 1.05 bits per heavy atom. The van der Waals surface area contributed by atoms with Gasteiger partial charge in [0, 0.05) is 16.8 Å². The summed E-state index contributed by atoms with van der Waals surface area (Å²) in [5.74, 6) is -0.346. The van der Waals surface area contributed by atoms with Crippen LogP contribution in [0.15, 0.2) is 78.0 Å². The number of rotatable bonds is 2. The topological polar surface area (TPSA) is 47.2 Å². The summed E-state index contributed by atoms with van der Waals surface area (Å²) >= 11 is 5.87. The van der Waals surface area contributed by atoms with Crippen LogP contribution in [0.1, 0.15) is 10.4 Å². The zero-order valence-corrected chi connectivity index (χ0v) is 12.3. The number of hydrogen-bond acceptors (Lipinski definition) is 2. The molecule has 108 valence electrons. The van der Waals surface area contributed by atoms with Crippen molar-refractivity contribution in [3.63, 3.8) is 0 Å². The van der Waals surface area contributed by atoms with Gasteiger partial charge in [-0.05, 0) is 36.4 Å². The van der Waals surface area contributed by atoms with Gasteiger partial charge in [-0.3, -0.25) is 4.79 Å². The summed E-state index contributed by atoms with van der Waals surface area (Å²) in [5.41, 5.74) is 1.39. The summed E-state index contributed by atoms with van der Waals surface area (Å²) in [7, 11) is 0. The molecule has 0 N–H and O–H groups in total. The Labute approximate surface area is 132 Å². The number of nitrogens with zero attached hydrogens (tertiary/aromatic N) is 3. The van der Waals surface area contributed by atoms with E-state index < -0.39 is 0 Å². The molecule has 0 fully saturated rings. The lowest BCUT2D eigenvalue weighted by Gasteiger charge is -2.03. The molecule has 0 aliphatic carbocycles. The van der Waals surface area contributed by atoms with Crippen LogP contribution >= 0.6 is 11.6 Å². The van der Waals surface area contributed by atoms with Crippen LogP contribution in [-0.4, -0.2) is 15.7 Å². The van der Waals surface area contributed by atoms with E-state index in [1.165, 1.54) is 0 Å². The van der Waals surface area contributed by atoms with Crippen LogP contribution in [0.25, 0.3) is 5.69 Å². The van der Waals surface area contributed by atoms with Crippen molar-refractivity contribution in [2.45, 2.75) is 0 Å². The third-order valence-corrected chi connectivity index (χ3v) is 3.26. The first-order valence-electron chi connectivity index (χ1n) is 6.67. The van der Waals surface area contributed by atoms with Gasteiger partial charge in [0.25, 0.3) is 5.91 Å². The van der Waals surface area contributed by atoms with Gasteiger partial charge < -0.3 is 0 Å². The monoisotopic (exact) mass is 309 g/mol. The van der Waals surface area contributed by atoms with Crippen molar-refractivity contribution in [3.05, 3.63) is 89.0 Å². The van der Waals surface area contributed by atoms with Gasteiger partial charge in [-0.1, -0.05) is 35.9 Å². The highest BCUT2D eigenvalue weighted by molar-refractivity contribution is 6.30. The average Bonchev–Trinajstić information content (AvgIpc) is 2.56. The Balaban J connectivity index is 1.88. The van der Waals surface area contributed by atoms with Crippen molar-refractivity contribution in [3.8, 4) is 5.69 Å². The van der Waals surface area contributed by atoms with Crippen molar-refractivity contribution < 1.29 is 4.79 Å². The molecule has 0 aliphatic rings. The molecule has 0 radical (unpaired) electrons. The first-order valence-corrected chi connectivity index (χ1v) is 7.05. The molecule has 22 heavy (non-hydrogen) atoms. The SMILES string of the molecule is O=C(N=c1ccn(-c2ccccc2)nc1)c1cccc(Cl)c1. The molecule has 1 heterocycles. The van der Waals surface area contributed by atoms with Gasteiger partial charge in [-0.2, -0.15) is 5.10 Å². The van der Waals surface area contributed by atoms with Crippen LogP contribution in [0.4, 0.5) is 0 Å². The van der Waals surface area contributed by atoms with Crippen LogP contribution in [0.2, 0.25) is 5.02 Å². The molecule has 0 atom stereocenters. The van der Waals surface area contributed by atoms with Crippen LogP contribution in [0.5, 0.6) is 0 Å². The lowest BCUT2D eigenvalue weighted by Crippen LogP contribution is -2.11. The van der Waals surface area contributed by atoms with Crippen molar-refractivity contribution in [1.29, 1.82) is 0 Å². The summed E-state index contributed by atoms with van der Waals surface area (Å²) in [5, 5.41) is 5.26. The predicted octanol–water partition coefficient (Wildman–Crippen LogP) is 3.27. The molecule has 0 unspecified atom stereocenters. The largest absolute Gasteiger partial charge is 0.277 e. The van der Waals surface area contributed by atoms with Gasteiger partial charge >= 0.3 is 0 Å². The van der Waals surface area contributed by atoms with Crippen LogP contribution in [0.3, 0.4) is 0 Å². The van der Waals surface area contributed by atoms with Crippen LogP contribution < -0.4 is 5.36 Å². The van der Waals surface area contributed by atoms with Crippen LogP contribution in [-0.2, 0) is 0 Å². The van der Waals surface area contributed by atoms with E-state index in [1.807, 2.05) is 30.3 Å². The molecule has 3 rings (SSSR count). The molecule has 4 nitrogen and oxygen atoms in total. The first kappa shape index (κ1) is 14.2. The fourth-order valence-electron chi connectivity index (χ4n) is 1.95. The van der Waals surface area contributed by atoms with E-state index in [9.17, 15) is 4.79 Å². The van der Waals surface area contributed by atoms with Gasteiger partial charge in [0.1, 0.15) is 0 Å². The number of hydrogen-bond donors (Lipinski definition) is 0. The maximum absolute atomic E-state index is 12.1. The molecule has 3 aromatic rings. The van der Waals surface area contributed by atoms with Gasteiger partial charge in [0.2, 0.25) is 0 Å². The summed E-state index contributed by atoms with van der Waals surface area (Å²) < 4.78 is 1.71. The highest BCUT2D eigenvalue weighted by atomic mass is 35.5. The minimum atomic E-state index is -0.346. The minimum Gasteiger partial charge on any atom is -0.267 e. The Bertz CT molecular complexity index is 852. The van der Waals surface area contributed by atoms with E-state index in [-0.39, 0.29) is 5.91 Å². The number of para-hydroxylation sites is 1. The maximum atomic E-state index is 12.1. The molecule has 0 spiro atoms. The summed E-state index contributed by atoms with van der Waals surface area (Å²) in [6.07, 6.45) is 3.31. The number of aromatic nitrogens is 2. The highest BCUT2D eigenvalue weighted by Gasteiger charge is 2.03. The maximum Gasteiger partial charge on any atom is 0.277 e. The number of halogens is 1. The fraction of sp³-hybridized carbons (Fsp3) is 0. The molecule has 0 aliphatic heterocycles. The third kappa shape index (κ3) is 3.30. The van der Waals surface area contributed by atoms with Gasteiger partial charge in [0.05, 0.1) is 17.2 Å². The number of carbonyl (C=O) groups excluding carboxylic acids is 1. The lowest BCUT2D eigenvalue weighted by molar-refractivity contribution is 0.0998. The molecule has 1 aromatic heterocycles. The van der Waals surface area contributed by atoms with Crippen molar-refractivity contribution >= 4 is 17.5 Å². The Kier molecular flexibility index (Phi) is 4.12. The van der Waals surface area contributed by atoms with Crippen LogP contribution in [0, 0.1) is 0 Å². The zero-order valence-electron chi connectivity index (χ0n) is 11.6. The molecule has 1 amide bonds. The second kappa shape index (κ2) is 6.37. The Morgan fingerprint density at radius 2 is 1.86 bits per heavy atom. The van der Waals surface area contributed by atoms with Gasteiger partial charge in [-0.15, -0.1) is 0 Å². The standard InChI is InChI=1S/C17H12ClN3O/c18-14-6-4-5-13(11-14)17(22)20-15-9-10-21(19-12-15)16-7-2-1-3-8-16/h1-12H.